The van der Waals surface area contributed by atoms with Gasteiger partial charge in [0.2, 0.25) is 0 Å². The Morgan fingerprint density at radius 1 is 1.07 bits per heavy atom. The highest BCUT2D eigenvalue weighted by atomic mass is 32.1. The second kappa shape index (κ2) is 11.6. The highest BCUT2D eigenvalue weighted by Crippen LogP contribution is 2.47. The Kier molecular flexibility index (Phi) is 8.24. The molecule has 1 amide bonds. The summed E-state index contributed by atoms with van der Waals surface area (Å²) in [5.41, 5.74) is 1.54. The highest BCUT2D eigenvalue weighted by Gasteiger charge is 2.49. The number of rotatable bonds is 9. The minimum atomic E-state index is -1.16. The maximum absolute atomic E-state index is 13.6. The van der Waals surface area contributed by atoms with E-state index in [0.717, 1.165) is 21.8 Å². The number of nitrogens with zero attached hydrogens (tertiary/aromatic N) is 2. The normalized spacial score (nSPS) is 16.1. The van der Waals surface area contributed by atoms with Crippen LogP contribution in [0.5, 0.6) is 17.2 Å². The second-order valence-electron chi connectivity index (χ2n) is 8.76. The molecule has 1 N–H and O–H groups in total. The van der Waals surface area contributed by atoms with Crippen LogP contribution in [0.15, 0.2) is 54.6 Å². The molecule has 1 aliphatic rings. The Balaban J connectivity index is 1.97. The van der Waals surface area contributed by atoms with Crippen LogP contribution in [0.3, 0.4) is 0 Å². The third-order valence-electron chi connectivity index (χ3n) is 6.35. The summed E-state index contributed by atoms with van der Waals surface area (Å²) in [6.07, 6.45) is 1.43. The predicted molar refractivity (Wildman–Crippen MR) is 149 cm³/mol. The number of hydrogen-bond donors (Lipinski definition) is 1. The minimum Gasteiger partial charge on any atom is -0.507 e. The molecule has 0 aliphatic carbocycles. The van der Waals surface area contributed by atoms with Gasteiger partial charge in [-0.25, -0.2) is 9.78 Å². The summed E-state index contributed by atoms with van der Waals surface area (Å²) in [4.78, 5) is 45.5. The number of thiazole rings is 1. The van der Waals surface area contributed by atoms with Crippen molar-refractivity contribution < 1.29 is 38.4 Å². The molecule has 1 aromatic heterocycles. The summed E-state index contributed by atoms with van der Waals surface area (Å²) >= 11 is 0.900. The molecule has 10 nitrogen and oxygen atoms in total. The van der Waals surface area contributed by atoms with Crippen molar-refractivity contribution >= 4 is 39.9 Å². The zero-order valence-electron chi connectivity index (χ0n) is 22.6. The van der Waals surface area contributed by atoms with Crippen molar-refractivity contribution in [1.29, 1.82) is 0 Å². The number of aryl methyl sites for hydroxylation is 2. The number of anilines is 1. The van der Waals surface area contributed by atoms with Crippen LogP contribution in [0.2, 0.25) is 0 Å². The van der Waals surface area contributed by atoms with Crippen molar-refractivity contribution in [2.45, 2.75) is 19.9 Å². The third-order valence-corrected chi connectivity index (χ3v) is 7.49. The number of hydrogen-bond acceptors (Lipinski definition) is 10. The molecule has 1 unspecified atom stereocenters. The average molecular weight is 565 g/mol. The number of ketones is 1. The monoisotopic (exact) mass is 564 g/mol. The minimum absolute atomic E-state index is 0.00168. The van der Waals surface area contributed by atoms with Gasteiger partial charge < -0.3 is 24.1 Å². The number of aromatic nitrogens is 1. The number of esters is 1. The number of carbonyl (C=O) groups excluding carboxylic acids is 3. The van der Waals surface area contributed by atoms with E-state index in [-0.39, 0.29) is 27.9 Å². The quantitative estimate of drug-likeness (QED) is 0.129. The SMILES string of the molecule is C=CCOC(=O)c1sc(N2C(=O)C(=O)/C(=C(/O)c3ccc(OC)c(C)c3)C2c2cc(OC)ccc2OC)nc1C. The van der Waals surface area contributed by atoms with E-state index in [1.165, 1.54) is 27.4 Å². The molecule has 0 saturated carbocycles. The van der Waals surface area contributed by atoms with Gasteiger partial charge in [-0.3, -0.25) is 14.5 Å². The molecule has 11 heteroatoms. The van der Waals surface area contributed by atoms with Gasteiger partial charge in [0, 0.05) is 11.1 Å². The number of carbonyl (C=O) groups is 3. The molecular weight excluding hydrogens is 536 g/mol. The van der Waals surface area contributed by atoms with Gasteiger partial charge in [-0.05, 0) is 55.8 Å². The largest absolute Gasteiger partial charge is 0.507 e. The van der Waals surface area contributed by atoms with E-state index in [1.807, 2.05) is 0 Å². The van der Waals surface area contributed by atoms with E-state index in [2.05, 4.69) is 11.6 Å². The summed E-state index contributed by atoms with van der Waals surface area (Å²) in [7, 11) is 4.46. The maximum atomic E-state index is 13.6. The Bertz CT molecular complexity index is 1540. The van der Waals surface area contributed by atoms with Crippen LogP contribution in [0, 0.1) is 13.8 Å². The number of aliphatic hydroxyl groups excluding tert-OH is 1. The van der Waals surface area contributed by atoms with Crippen molar-refractivity contribution in [3.63, 3.8) is 0 Å². The molecule has 40 heavy (non-hydrogen) atoms. The zero-order chi connectivity index (χ0) is 29.1. The summed E-state index contributed by atoms with van der Waals surface area (Å²) in [5, 5.41) is 11.6. The van der Waals surface area contributed by atoms with Crippen molar-refractivity contribution in [2.75, 3.05) is 32.8 Å². The molecule has 1 fully saturated rings. The first-order valence-corrected chi connectivity index (χ1v) is 12.9. The molecule has 4 rings (SSSR count). The van der Waals surface area contributed by atoms with Gasteiger partial charge in [-0.15, -0.1) is 0 Å². The van der Waals surface area contributed by atoms with E-state index in [0.29, 0.717) is 34.1 Å². The third kappa shape index (κ3) is 5.03. The topological polar surface area (TPSA) is 124 Å². The Labute approximate surface area is 235 Å². The predicted octanol–water partition coefficient (Wildman–Crippen LogP) is 4.75. The van der Waals surface area contributed by atoms with E-state index < -0.39 is 23.7 Å². The van der Waals surface area contributed by atoms with Crippen LogP contribution in [0.1, 0.15) is 38.1 Å². The van der Waals surface area contributed by atoms with Crippen molar-refractivity contribution in [3.05, 3.63) is 81.9 Å². The van der Waals surface area contributed by atoms with E-state index in [9.17, 15) is 19.5 Å². The fourth-order valence-corrected chi connectivity index (χ4v) is 5.42. The first kappa shape index (κ1) is 28.4. The fourth-order valence-electron chi connectivity index (χ4n) is 4.43. The lowest BCUT2D eigenvalue weighted by molar-refractivity contribution is -0.132. The lowest BCUT2D eigenvalue weighted by atomic mass is 9.94. The van der Waals surface area contributed by atoms with Gasteiger partial charge in [0.15, 0.2) is 5.13 Å². The molecule has 1 saturated heterocycles. The number of amides is 1. The number of ether oxygens (including phenoxy) is 4. The van der Waals surface area contributed by atoms with Gasteiger partial charge in [0.25, 0.3) is 5.78 Å². The average Bonchev–Trinajstić information content (AvgIpc) is 3.46. The van der Waals surface area contributed by atoms with Crippen LogP contribution >= 0.6 is 11.3 Å². The summed E-state index contributed by atoms with van der Waals surface area (Å²) < 4.78 is 21.5. The smallest absolute Gasteiger partial charge is 0.350 e. The van der Waals surface area contributed by atoms with E-state index >= 15 is 0 Å². The lowest BCUT2D eigenvalue weighted by Crippen LogP contribution is -2.29. The van der Waals surface area contributed by atoms with Crippen LogP contribution in [-0.2, 0) is 14.3 Å². The van der Waals surface area contributed by atoms with Gasteiger partial charge in [0.1, 0.15) is 40.5 Å². The van der Waals surface area contributed by atoms with Gasteiger partial charge in [0.05, 0.1) is 32.6 Å². The standard InChI is InChI=1S/C29H28N2O8S/c1-7-12-39-28(35)26-16(3)30-29(40-26)31-23(19-14-18(36-4)9-11-21(19)38-6)22(25(33)27(31)34)24(32)17-8-10-20(37-5)15(2)13-17/h7-11,13-14,23,32H,1,12H2,2-6H3/b24-22+. The Morgan fingerprint density at radius 3 is 2.40 bits per heavy atom. The van der Waals surface area contributed by atoms with Gasteiger partial charge >= 0.3 is 11.9 Å². The number of aliphatic hydroxyl groups is 1. The van der Waals surface area contributed by atoms with Crippen LogP contribution in [0.4, 0.5) is 5.13 Å². The molecule has 0 spiro atoms. The molecule has 1 aliphatic heterocycles. The lowest BCUT2D eigenvalue weighted by Gasteiger charge is -2.25. The summed E-state index contributed by atoms with van der Waals surface area (Å²) in [6.45, 7) is 6.93. The molecule has 2 heterocycles. The first-order chi connectivity index (χ1) is 19.2. The first-order valence-electron chi connectivity index (χ1n) is 12.1. The van der Waals surface area contributed by atoms with Gasteiger partial charge in [-0.2, -0.15) is 0 Å². The Morgan fingerprint density at radius 2 is 1.77 bits per heavy atom. The maximum Gasteiger partial charge on any atom is 0.350 e. The highest BCUT2D eigenvalue weighted by molar-refractivity contribution is 7.17. The molecule has 0 radical (unpaired) electrons. The van der Waals surface area contributed by atoms with Gasteiger partial charge in [-0.1, -0.05) is 24.0 Å². The molecular formula is C29H28N2O8S. The molecule has 208 valence electrons. The fraction of sp³-hybridized carbons (Fsp3) is 0.241. The second-order valence-corrected chi connectivity index (χ2v) is 9.74. The zero-order valence-corrected chi connectivity index (χ0v) is 23.5. The van der Waals surface area contributed by atoms with Crippen LogP contribution < -0.4 is 19.1 Å². The Hall–Kier alpha value is -4.64. The molecule has 3 aromatic rings. The molecule has 1 atom stereocenters. The van der Waals surface area contributed by atoms with E-state index in [1.54, 1.807) is 50.2 Å². The van der Waals surface area contributed by atoms with E-state index in [4.69, 9.17) is 18.9 Å². The molecule has 2 aromatic carbocycles. The van der Waals surface area contributed by atoms with Crippen LogP contribution in [0.25, 0.3) is 5.76 Å². The van der Waals surface area contributed by atoms with Crippen molar-refractivity contribution in [1.82, 2.24) is 4.98 Å². The van der Waals surface area contributed by atoms with Crippen LogP contribution in [-0.4, -0.2) is 55.7 Å². The van der Waals surface area contributed by atoms with Crippen molar-refractivity contribution in [3.8, 4) is 17.2 Å². The molecule has 0 bridgehead atoms. The number of benzene rings is 2. The van der Waals surface area contributed by atoms with Crippen molar-refractivity contribution in [2.24, 2.45) is 0 Å². The number of Topliss-reactive ketones (excluding diaryl/α,β-unsaturated/α-hetero) is 1. The number of methoxy groups -OCH3 is 3. The summed E-state index contributed by atoms with van der Waals surface area (Å²) in [6, 6.07) is 8.68. The summed E-state index contributed by atoms with van der Waals surface area (Å²) in [5.74, 6) is -1.51.